The summed E-state index contributed by atoms with van der Waals surface area (Å²) in [6.07, 6.45) is 0.459. The van der Waals surface area contributed by atoms with Gasteiger partial charge in [0.2, 0.25) is 0 Å². The number of nitriles is 1. The van der Waals surface area contributed by atoms with E-state index in [1.54, 1.807) is 0 Å². The van der Waals surface area contributed by atoms with Crippen molar-refractivity contribution < 1.29 is 23.1 Å². The van der Waals surface area contributed by atoms with E-state index in [0.29, 0.717) is 0 Å². The van der Waals surface area contributed by atoms with Crippen LogP contribution in [0.3, 0.4) is 0 Å². The van der Waals surface area contributed by atoms with Crippen LogP contribution in [0.4, 0.5) is 13.2 Å². The fourth-order valence-corrected chi connectivity index (χ4v) is 1.78. The van der Waals surface area contributed by atoms with Gasteiger partial charge in [-0.1, -0.05) is 0 Å². The van der Waals surface area contributed by atoms with Crippen LogP contribution >= 0.6 is 0 Å². The van der Waals surface area contributed by atoms with Gasteiger partial charge in [-0.15, -0.1) is 0 Å². The summed E-state index contributed by atoms with van der Waals surface area (Å²) in [5, 5.41) is 17.9. The van der Waals surface area contributed by atoms with Crippen molar-refractivity contribution in [3.63, 3.8) is 0 Å². The Morgan fingerprint density at radius 1 is 1.39 bits per heavy atom. The second-order valence-corrected chi connectivity index (χ2v) is 4.41. The van der Waals surface area contributed by atoms with E-state index in [0.717, 1.165) is 4.57 Å². The Balaban J connectivity index is 2.34. The third kappa shape index (κ3) is 4.16. The smallest absolute Gasteiger partial charge is 0.406 e. The molecule has 0 spiro atoms. The van der Waals surface area contributed by atoms with Gasteiger partial charge in [0.05, 0.1) is 11.3 Å². The van der Waals surface area contributed by atoms with Gasteiger partial charge in [0.25, 0.3) is 0 Å². The Labute approximate surface area is 128 Å². The monoisotopic (exact) mass is 322 g/mol. The Kier molecular flexibility index (Phi) is 4.45. The van der Waals surface area contributed by atoms with Gasteiger partial charge in [-0.25, -0.2) is 14.8 Å². The standard InChI is InChI=1S/C14H9F3N4O2/c15-14(16,17)8-21-6-5-19-12(21)4-3-10-9(7-18)1-2-11(20-10)13(22)23/h1-6H,8H2,(H,22,23)/b4-3+. The van der Waals surface area contributed by atoms with Crippen LogP contribution in [0.2, 0.25) is 0 Å². The SMILES string of the molecule is N#Cc1ccc(C(=O)O)nc1/C=C/c1nccn1CC(F)(F)F. The number of hydrogen-bond donors (Lipinski definition) is 1. The topological polar surface area (TPSA) is 91.8 Å². The van der Waals surface area contributed by atoms with Crippen molar-refractivity contribution in [2.24, 2.45) is 0 Å². The van der Waals surface area contributed by atoms with Gasteiger partial charge < -0.3 is 9.67 Å². The summed E-state index contributed by atoms with van der Waals surface area (Å²) in [6.45, 7) is -1.21. The van der Waals surface area contributed by atoms with Gasteiger partial charge >= 0.3 is 12.1 Å². The summed E-state index contributed by atoms with van der Waals surface area (Å²) in [4.78, 5) is 18.4. The zero-order valence-corrected chi connectivity index (χ0v) is 11.4. The van der Waals surface area contributed by atoms with E-state index in [9.17, 15) is 18.0 Å². The zero-order valence-electron chi connectivity index (χ0n) is 11.4. The molecule has 0 bridgehead atoms. The minimum atomic E-state index is -4.40. The number of nitrogens with zero attached hydrogens (tertiary/aromatic N) is 4. The van der Waals surface area contributed by atoms with Crippen LogP contribution in [0.25, 0.3) is 12.2 Å². The molecule has 1 N–H and O–H groups in total. The average Bonchev–Trinajstić information content (AvgIpc) is 2.89. The lowest BCUT2D eigenvalue weighted by atomic mass is 10.1. The average molecular weight is 322 g/mol. The molecule has 2 rings (SSSR count). The summed E-state index contributed by atoms with van der Waals surface area (Å²) in [7, 11) is 0. The molecule has 0 atom stereocenters. The van der Waals surface area contributed by atoms with E-state index in [1.165, 1.54) is 36.7 Å². The molecule has 0 aliphatic carbocycles. The maximum atomic E-state index is 12.4. The van der Waals surface area contributed by atoms with E-state index in [4.69, 9.17) is 10.4 Å². The molecule has 0 aliphatic rings. The molecule has 2 aromatic heterocycles. The third-order valence-electron chi connectivity index (χ3n) is 2.75. The van der Waals surface area contributed by atoms with Crippen LogP contribution in [0.1, 0.15) is 27.6 Å². The summed E-state index contributed by atoms with van der Waals surface area (Å²) in [5.41, 5.74) is -0.142. The highest BCUT2D eigenvalue weighted by molar-refractivity contribution is 5.86. The molecule has 0 aromatic carbocycles. The second kappa shape index (κ2) is 6.31. The molecular formula is C14H9F3N4O2. The fourth-order valence-electron chi connectivity index (χ4n) is 1.78. The number of alkyl halides is 3. The molecule has 0 saturated heterocycles. The second-order valence-electron chi connectivity index (χ2n) is 4.41. The summed E-state index contributed by atoms with van der Waals surface area (Å²) < 4.78 is 38.2. The number of carboxylic acids is 1. The molecule has 0 radical (unpaired) electrons. The number of aromatic nitrogens is 3. The van der Waals surface area contributed by atoms with Gasteiger partial charge in [0.15, 0.2) is 0 Å². The largest absolute Gasteiger partial charge is 0.477 e. The predicted octanol–water partition coefficient (Wildman–Crippen LogP) is 2.58. The number of imidazole rings is 1. The van der Waals surface area contributed by atoms with Gasteiger partial charge in [-0.3, -0.25) is 0 Å². The first kappa shape index (κ1) is 16.2. The molecular weight excluding hydrogens is 313 g/mol. The molecule has 0 aliphatic heterocycles. The Morgan fingerprint density at radius 3 is 2.74 bits per heavy atom. The van der Waals surface area contributed by atoms with Crippen LogP contribution < -0.4 is 0 Å². The lowest BCUT2D eigenvalue weighted by Crippen LogP contribution is -2.17. The van der Waals surface area contributed by atoms with Gasteiger partial charge in [-0.2, -0.15) is 18.4 Å². The van der Waals surface area contributed by atoms with Crippen molar-refractivity contribution in [2.75, 3.05) is 0 Å². The number of pyridine rings is 1. The minimum Gasteiger partial charge on any atom is -0.477 e. The minimum absolute atomic E-state index is 0.00810. The van der Waals surface area contributed by atoms with Gasteiger partial charge in [0, 0.05) is 12.4 Å². The first-order chi connectivity index (χ1) is 10.8. The van der Waals surface area contributed by atoms with Crippen molar-refractivity contribution in [3.8, 4) is 6.07 Å². The quantitative estimate of drug-likeness (QED) is 0.934. The molecule has 23 heavy (non-hydrogen) atoms. The van der Waals surface area contributed by atoms with E-state index < -0.39 is 18.7 Å². The Morgan fingerprint density at radius 2 is 2.13 bits per heavy atom. The number of carboxylic acid groups (broad SMARTS) is 1. The highest BCUT2D eigenvalue weighted by atomic mass is 19.4. The molecule has 2 heterocycles. The first-order valence-corrected chi connectivity index (χ1v) is 6.20. The van der Waals surface area contributed by atoms with Crippen LogP contribution in [-0.2, 0) is 6.54 Å². The van der Waals surface area contributed by atoms with Crippen LogP contribution in [-0.4, -0.2) is 31.8 Å². The van der Waals surface area contributed by atoms with E-state index in [1.807, 2.05) is 6.07 Å². The maximum Gasteiger partial charge on any atom is 0.406 e. The van der Waals surface area contributed by atoms with Gasteiger partial charge in [-0.05, 0) is 24.3 Å². The number of halogens is 3. The van der Waals surface area contributed by atoms with Crippen molar-refractivity contribution in [1.29, 1.82) is 5.26 Å². The molecule has 2 aromatic rings. The van der Waals surface area contributed by atoms with E-state index >= 15 is 0 Å². The third-order valence-corrected chi connectivity index (χ3v) is 2.75. The Bertz CT molecular complexity index is 803. The number of hydrogen-bond acceptors (Lipinski definition) is 4. The van der Waals surface area contributed by atoms with Crippen molar-refractivity contribution in [2.45, 2.75) is 12.7 Å². The number of carbonyl (C=O) groups is 1. The van der Waals surface area contributed by atoms with Crippen LogP contribution in [0.15, 0.2) is 24.5 Å². The van der Waals surface area contributed by atoms with Crippen LogP contribution in [0, 0.1) is 11.3 Å². The molecule has 0 amide bonds. The molecule has 9 heteroatoms. The van der Waals surface area contributed by atoms with Crippen molar-refractivity contribution in [3.05, 3.63) is 47.3 Å². The number of rotatable bonds is 4. The number of aromatic carboxylic acids is 1. The first-order valence-electron chi connectivity index (χ1n) is 6.20. The molecule has 0 unspecified atom stereocenters. The lowest BCUT2D eigenvalue weighted by Gasteiger charge is -2.08. The highest BCUT2D eigenvalue weighted by Crippen LogP contribution is 2.19. The van der Waals surface area contributed by atoms with Crippen LogP contribution in [0.5, 0.6) is 0 Å². The summed E-state index contributed by atoms with van der Waals surface area (Å²) in [5.74, 6) is -1.27. The predicted molar refractivity (Wildman–Crippen MR) is 73.1 cm³/mol. The molecule has 6 nitrogen and oxygen atoms in total. The van der Waals surface area contributed by atoms with E-state index in [2.05, 4.69) is 9.97 Å². The Hall–Kier alpha value is -3.15. The summed E-state index contributed by atoms with van der Waals surface area (Å²) >= 11 is 0. The van der Waals surface area contributed by atoms with Crippen molar-refractivity contribution >= 4 is 18.1 Å². The van der Waals surface area contributed by atoms with E-state index in [-0.39, 0.29) is 22.8 Å². The normalized spacial score (nSPS) is 11.6. The lowest BCUT2D eigenvalue weighted by molar-refractivity contribution is -0.140. The fraction of sp³-hybridized carbons (Fsp3) is 0.143. The maximum absolute atomic E-state index is 12.4. The molecule has 118 valence electrons. The summed E-state index contributed by atoms with van der Waals surface area (Å²) in [6, 6.07) is 4.28. The highest BCUT2D eigenvalue weighted by Gasteiger charge is 2.28. The molecule has 0 fully saturated rings. The van der Waals surface area contributed by atoms with Crippen molar-refractivity contribution in [1.82, 2.24) is 14.5 Å². The molecule has 0 saturated carbocycles. The zero-order chi connectivity index (χ0) is 17.0. The van der Waals surface area contributed by atoms with Gasteiger partial charge in [0.1, 0.15) is 24.1 Å².